The number of nitrogens with zero attached hydrogens (tertiary/aromatic N) is 2. The van der Waals surface area contributed by atoms with Gasteiger partial charge >= 0.3 is 0 Å². The molecule has 1 aliphatic heterocycles. The van der Waals surface area contributed by atoms with E-state index in [1.54, 1.807) is 12.1 Å². The maximum absolute atomic E-state index is 12.8. The number of halogens is 2. The Bertz CT molecular complexity index is 542. The van der Waals surface area contributed by atoms with Crippen LogP contribution in [0.25, 0.3) is 11.4 Å². The van der Waals surface area contributed by atoms with Crippen molar-refractivity contribution in [2.24, 2.45) is 0 Å². The van der Waals surface area contributed by atoms with E-state index in [1.807, 2.05) is 6.20 Å². The largest absolute Gasteiger partial charge is 0.311 e. The Hall–Kier alpha value is -1.52. The number of rotatable bonds is 1. The SMILES string of the molecule is Cl.Fc1ccc(-c2ncc3c(n2)CNCC3)cc1. The van der Waals surface area contributed by atoms with Crippen LogP contribution in [0.1, 0.15) is 11.3 Å². The minimum atomic E-state index is -0.242. The Morgan fingerprint density at radius 3 is 2.72 bits per heavy atom. The van der Waals surface area contributed by atoms with Crippen LogP contribution in [-0.2, 0) is 13.0 Å². The fourth-order valence-electron chi connectivity index (χ4n) is 1.97. The monoisotopic (exact) mass is 265 g/mol. The van der Waals surface area contributed by atoms with Crippen LogP contribution in [0.2, 0.25) is 0 Å². The second-order valence-electron chi connectivity index (χ2n) is 4.10. The van der Waals surface area contributed by atoms with Gasteiger partial charge in [0.1, 0.15) is 5.82 Å². The molecule has 3 rings (SSSR count). The second-order valence-corrected chi connectivity index (χ2v) is 4.10. The van der Waals surface area contributed by atoms with Crippen molar-refractivity contribution in [3.63, 3.8) is 0 Å². The normalized spacial score (nSPS) is 13.6. The number of fused-ring (bicyclic) bond motifs is 1. The van der Waals surface area contributed by atoms with Crippen LogP contribution in [0.5, 0.6) is 0 Å². The van der Waals surface area contributed by atoms with Crippen LogP contribution in [0, 0.1) is 5.82 Å². The molecule has 2 aromatic rings. The van der Waals surface area contributed by atoms with Crippen molar-refractivity contribution in [1.29, 1.82) is 0 Å². The van der Waals surface area contributed by atoms with Gasteiger partial charge in [-0.25, -0.2) is 14.4 Å². The lowest BCUT2D eigenvalue weighted by molar-refractivity contribution is 0.623. The standard InChI is InChI=1S/C13H12FN3.ClH/c14-11-3-1-9(2-4-11)13-16-7-10-5-6-15-8-12(10)17-13;/h1-4,7,15H,5-6,8H2;1H. The Labute approximate surface area is 111 Å². The van der Waals surface area contributed by atoms with Gasteiger partial charge in [-0.2, -0.15) is 0 Å². The third kappa shape index (κ3) is 2.49. The highest BCUT2D eigenvalue weighted by Crippen LogP contribution is 2.18. The van der Waals surface area contributed by atoms with E-state index >= 15 is 0 Å². The number of benzene rings is 1. The summed E-state index contributed by atoms with van der Waals surface area (Å²) in [6, 6.07) is 6.26. The molecule has 1 aromatic heterocycles. The highest BCUT2D eigenvalue weighted by atomic mass is 35.5. The minimum absolute atomic E-state index is 0. The molecule has 5 heteroatoms. The first-order chi connectivity index (χ1) is 8.33. The predicted octanol–water partition coefficient (Wildman–Crippen LogP) is 2.35. The van der Waals surface area contributed by atoms with Gasteiger partial charge in [0.2, 0.25) is 0 Å². The van der Waals surface area contributed by atoms with Gasteiger partial charge in [-0.15, -0.1) is 12.4 Å². The van der Waals surface area contributed by atoms with Crippen LogP contribution < -0.4 is 5.32 Å². The molecule has 1 aromatic carbocycles. The molecule has 3 nitrogen and oxygen atoms in total. The van der Waals surface area contributed by atoms with Gasteiger partial charge in [0.05, 0.1) is 5.69 Å². The molecule has 0 amide bonds. The first-order valence-electron chi connectivity index (χ1n) is 5.64. The summed E-state index contributed by atoms with van der Waals surface area (Å²) >= 11 is 0. The maximum atomic E-state index is 12.8. The van der Waals surface area contributed by atoms with E-state index in [0.29, 0.717) is 5.82 Å². The van der Waals surface area contributed by atoms with Gasteiger partial charge in [0.25, 0.3) is 0 Å². The number of hydrogen-bond donors (Lipinski definition) is 1. The lowest BCUT2D eigenvalue weighted by Crippen LogP contribution is -2.25. The first kappa shape index (κ1) is 12.9. The van der Waals surface area contributed by atoms with E-state index in [-0.39, 0.29) is 18.2 Å². The van der Waals surface area contributed by atoms with Gasteiger partial charge in [0, 0.05) is 18.3 Å². The smallest absolute Gasteiger partial charge is 0.159 e. The molecular weight excluding hydrogens is 253 g/mol. The van der Waals surface area contributed by atoms with Crippen molar-refractivity contribution in [2.75, 3.05) is 6.54 Å². The van der Waals surface area contributed by atoms with E-state index < -0.39 is 0 Å². The summed E-state index contributed by atoms with van der Waals surface area (Å²) in [4.78, 5) is 8.85. The van der Waals surface area contributed by atoms with E-state index in [0.717, 1.165) is 30.8 Å². The zero-order valence-electron chi connectivity index (χ0n) is 9.69. The summed E-state index contributed by atoms with van der Waals surface area (Å²) in [6.07, 6.45) is 2.85. The molecule has 0 atom stereocenters. The lowest BCUT2D eigenvalue weighted by Gasteiger charge is -2.16. The Kier molecular flexibility index (Phi) is 3.89. The third-order valence-corrected chi connectivity index (χ3v) is 2.92. The van der Waals surface area contributed by atoms with Crippen LogP contribution in [-0.4, -0.2) is 16.5 Å². The second kappa shape index (κ2) is 5.42. The van der Waals surface area contributed by atoms with Gasteiger partial charge in [-0.1, -0.05) is 0 Å². The zero-order valence-corrected chi connectivity index (χ0v) is 10.5. The van der Waals surface area contributed by atoms with Gasteiger partial charge < -0.3 is 5.32 Å². The Morgan fingerprint density at radius 2 is 1.94 bits per heavy atom. The Morgan fingerprint density at radius 1 is 1.17 bits per heavy atom. The lowest BCUT2D eigenvalue weighted by atomic mass is 10.1. The van der Waals surface area contributed by atoms with Crippen molar-refractivity contribution in [1.82, 2.24) is 15.3 Å². The molecule has 0 aliphatic carbocycles. The summed E-state index contributed by atoms with van der Waals surface area (Å²) in [5.74, 6) is 0.417. The fourth-order valence-corrected chi connectivity index (χ4v) is 1.97. The van der Waals surface area contributed by atoms with Crippen molar-refractivity contribution in [2.45, 2.75) is 13.0 Å². The highest BCUT2D eigenvalue weighted by Gasteiger charge is 2.12. The Balaban J connectivity index is 0.00000120. The predicted molar refractivity (Wildman–Crippen MR) is 70.1 cm³/mol. The van der Waals surface area contributed by atoms with Crippen molar-refractivity contribution in [3.8, 4) is 11.4 Å². The third-order valence-electron chi connectivity index (χ3n) is 2.92. The molecule has 0 saturated heterocycles. The molecule has 94 valence electrons. The zero-order chi connectivity index (χ0) is 11.7. The average molecular weight is 266 g/mol. The van der Waals surface area contributed by atoms with E-state index in [9.17, 15) is 4.39 Å². The van der Waals surface area contributed by atoms with Crippen LogP contribution in [0.15, 0.2) is 30.5 Å². The molecule has 0 radical (unpaired) electrons. The number of aromatic nitrogens is 2. The summed E-state index contributed by atoms with van der Waals surface area (Å²) in [5.41, 5.74) is 3.10. The van der Waals surface area contributed by atoms with Crippen LogP contribution in [0.3, 0.4) is 0 Å². The molecule has 0 unspecified atom stereocenters. The van der Waals surface area contributed by atoms with Gasteiger partial charge in [0.15, 0.2) is 5.82 Å². The first-order valence-corrected chi connectivity index (χ1v) is 5.64. The number of hydrogen-bond acceptors (Lipinski definition) is 3. The van der Waals surface area contributed by atoms with Crippen LogP contribution in [0.4, 0.5) is 4.39 Å². The number of nitrogens with one attached hydrogen (secondary N) is 1. The summed E-state index contributed by atoms with van der Waals surface area (Å²) in [5, 5.41) is 3.28. The molecular formula is C13H13ClFN3. The van der Waals surface area contributed by atoms with E-state index in [1.165, 1.54) is 17.7 Å². The molecule has 0 spiro atoms. The summed E-state index contributed by atoms with van der Waals surface area (Å²) in [6.45, 7) is 1.76. The molecule has 0 saturated carbocycles. The van der Waals surface area contributed by atoms with Crippen molar-refractivity contribution < 1.29 is 4.39 Å². The van der Waals surface area contributed by atoms with Gasteiger partial charge in [-0.05, 0) is 42.8 Å². The molecule has 0 fully saturated rings. The molecule has 2 heterocycles. The van der Waals surface area contributed by atoms with Gasteiger partial charge in [-0.3, -0.25) is 0 Å². The molecule has 18 heavy (non-hydrogen) atoms. The van der Waals surface area contributed by atoms with Crippen LogP contribution >= 0.6 is 12.4 Å². The topological polar surface area (TPSA) is 37.8 Å². The van der Waals surface area contributed by atoms with E-state index in [2.05, 4.69) is 15.3 Å². The average Bonchev–Trinajstić information content (AvgIpc) is 2.39. The minimum Gasteiger partial charge on any atom is -0.311 e. The summed E-state index contributed by atoms with van der Waals surface area (Å²) in [7, 11) is 0. The summed E-state index contributed by atoms with van der Waals surface area (Å²) < 4.78 is 12.8. The van der Waals surface area contributed by atoms with E-state index in [4.69, 9.17) is 0 Å². The molecule has 0 bridgehead atoms. The maximum Gasteiger partial charge on any atom is 0.159 e. The molecule has 1 N–H and O–H groups in total. The fraction of sp³-hybridized carbons (Fsp3) is 0.231. The quantitative estimate of drug-likeness (QED) is 0.860. The van der Waals surface area contributed by atoms with Crippen molar-refractivity contribution in [3.05, 3.63) is 47.5 Å². The molecule has 1 aliphatic rings. The highest BCUT2D eigenvalue weighted by molar-refractivity contribution is 5.85. The van der Waals surface area contributed by atoms with Crippen molar-refractivity contribution >= 4 is 12.4 Å².